The Morgan fingerprint density at radius 1 is 1.17 bits per heavy atom. The zero-order valence-electron chi connectivity index (χ0n) is 15.2. The molecule has 5 nitrogen and oxygen atoms in total. The maximum Gasteiger partial charge on any atom is 0.410 e. The van der Waals surface area contributed by atoms with Gasteiger partial charge in [0.25, 0.3) is 0 Å². The van der Waals surface area contributed by atoms with Gasteiger partial charge in [-0.3, -0.25) is 0 Å². The van der Waals surface area contributed by atoms with E-state index in [0.717, 1.165) is 18.4 Å². The smallest absolute Gasteiger partial charge is 0.410 e. The van der Waals surface area contributed by atoms with E-state index >= 15 is 0 Å². The van der Waals surface area contributed by atoms with Crippen molar-refractivity contribution in [1.29, 1.82) is 0 Å². The zero-order valence-corrected chi connectivity index (χ0v) is 15.2. The molecule has 132 valence electrons. The molecule has 24 heavy (non-hydrogen) atoms. The van der Waals surface area contributed by atoms with Crippen molar-refractivity contribution in [2.75, 3.05) is 20.2 Å². The van der Waals surface area contributed by atoms with Crippen LogP contribution in [0.3, 0.4) is 0 Å². The molecular formula is C19H27NO4. The molecule has 0 spiro atoms. The lowest BCUT2D eigenvalue weighted by molar-refractivity contribution is 0.0204. The third-order valence-electron chi connectivity index (χ3n) is 4.27. The molecule has 0 radical (unpaired) electrons. The molecule has 1 heterocycles. The van der Waals surface area contributed by atoms with Crippen molar-refractivity contribution in [3.63, 3.8) is 0 Å². The van der Waals surface area contributed by atoms with Crippen LogP contribution in [-0.4, -0.2) is 42.8 Å². The SMILES string of the molecule is COC(=O)c1ccc(C2CCN(C(=O)OC(C)(C)C)CC2)cc1C. The molecular weight excluding hydrogens is 306 g/mol. The number of hydrogen-bond donors (Lipinski definition) is 0. The molecule has 0 aliphatic carbocycles. The molecule has 2 rings (SSSR count). The number of hydrogen-bond acceptors (Lipinski definition) is 4. The third-order valence-corrected chi connectivity index (χ3v) is 4.27. The monoisotopic (exact) mass is 333 g/mol. The number of carbonyl (C=O) groups excluding carboxylic acids is 2. The number of piperidine rings is 1. The van der Waals surface area contributed by atoms with Gasteiger partial charge in [-0.2, -0.15) is 0 Å². The van der Waals surface area contributed by atoms with Crippen LogP contribution in [0.15, 0.2) is 18.2 Å². The zero-order chi connectivity index (χ0) is 17.9. The molecule has 0 N–H and O–H groups in total. The molecule has 0 bridgehead atoms. The molecule has 1 aromatic rings. The van der Waals surface area contributed by atoms with Crippen molar-refractivity contribution in [2.24, 2.45) is 0 Å². The van der Waals surface area contributed by atoms with E-state index in [2.05, 4.69) is 6.07 Å². The number of aryl methyl sites for hydroxylation is 1. The van der Waals surface area contributed by atoms with Crippen LogP contribution in [-0.2, 0) is 9.47 Å². The summed E-state index contributed by atoms with van der Waals surface area (Å²) in [5.74, 6) is 0.0906. The highest BCUT2D eigenvalue weighted by atomic mass is 16.6. The van der Waals surface area contributed by atoms with Crippen molar-refractivity contribution in [2.45, 2.75) is 52.1 Å². The number of amides is 1. The summed E-state index contributed by atoms with van der Waals surface area (Å²) in [5, 5.41) is 0. The third kappa shape index (κ3) is 4.49. The number of rotatable bonds is 2. The Kier molecular flexibility index (Phi) is 5.52. The lowest BCUT2D eigenvalue weighted by atomic mass is 9.88. The average Bonchev–Trinajstić information content (AvgIpc) is 2.52. The molecule has 1 aromatic carbocycles. The lowest BCUT2D eigenvalue weighted by Crippen LogP contribution is -2.41. The first-order valence-corrected chi connectivity index (χ1v) is 8.38. The summed E-state index contributed by atoms with van der Waals surface area (Å²) in [6.07, 6.45) is 1.56. The predicted octanol–water partition coefficient (Wildman–Crippen LogP) is 3.90. The van der Waals surface area contributed by atoms with Gasteiger partial charge in [0, 0.05) is 13.1 Å². The topological polar surface area (TPSA) is 55.8 Å². The van der Waals surface area contributed by atoms with Gasteiger partial charge in [-0.25, -0.2) is 9.59 Å². The lowest BCUT2D eigenvalue weighted by Gasteiger charge is -2.33. The summed E-state index contributed by atoms with van der Waals surface area (Å²) in [7, 11) is 1.39. The Labute approximate surface area is 143 Å². The van der Waals surface area contributed by atoms with E-state index in [4.69, 9.17) is 9.47 Å². The number of esters is 1. The highest BCUT2D eigenvalue weighted by molar-refractivity contribution is 5.91. The summed E-state index contributed by atoms with van der Waals surface area (Å²) in [6.45, 7) is 8.94. The molecule has 0 saturated carbocycles. The van der Waals surface area contributed by atoms with Gasteiger partial charge in [-0.05, 0) is 63.6 Å². The molecule has 1 aliphatic rings. The number of likely N-dealkylation sites (tertiary alicyclic amines) is 1. The van der Waals surface area contributed by atoms with Gasteiger partial charge in [0.2, 0.25) is 0 Å². The Morgan fingerprint density at radius 2 is 1.79 bits per heavy atom. The quantitative estimate of drug-likeness (QED) is 0.770. The van der Waals surface area contributed by atoms with E-state index in [1.807, 2.05) is 39.8 Å². The molecule has 0 unspecified atom stereocenters. The van der Waals surface area contributed by atoms with Gasteiger partial charge in [0.1, 0.15) is 5.60 Å². The maximum atomic E-state index is 12.1. The minimum absolute atomic E-state index is 0.238. The van der Waals surface area contributed by atoms with E-state index < -0.39 is 5.60 Å². The van der Waals surface area contributed by atoms with Crippen molar-refractivity contribution < 1.29 is 19.1 Å². The Bertz CT molecular complexity index is 610. The maximum absolute atomic E-state index is 12.1. The molecule has 1 saturated heterocycles. The van der Waals surface area contributed by atoms with Crippen LogP contribution in [0.5, 0.6) is 0 Å². The predicted molar refractivity (Wildman–Crippen MR) is 92.3 cm³/mol. The van der Waals surface area contributed by atoms with Crippen molar-refractivity contribution in [1.82, 2.24) is 4.90 Å². The first-order chi connectivity index (χ1) is 11.2. The van der Waals surface area contributed by atoms with E-state index in [0.29, 0.717) is 24.6 Å². The standard InChI is InChI=1S/C19H27NO4/c1-13-12-15(6-7-16(13)17(21)23-5)14-8-10-20(11-9-14)18(22)24-19(2,3)4/h6-7,12,14H,8-11H2,1-5H3. The second kappa shape index (κ2) is 7.24. The molecule has 0 atom stereocenters. The van der Waals surface area contributed by atoms with Crippen molar-refractivity contribution >= 4 is 12.1 Å². The molecule has 5 heteroatoms. The van der Waals surface area contributed by atoms with Crippen molar-refractivity contribution in [3.05, 3.63) is 34.9 Å². The van der Waals surface area contributed by atoms with Gasteiger partial charge in [0.15, 0.2) is 0 Å². The highest BCUT2D eigenvalue weighted by Crippen LogP contribution is 2.30. The van der Waals surface area contributed by atoms with Crippen LogP contribution in [0.25, 0.3) is 0 Å². The number of nitrogens with zero attached hydrogens (tertiary/aromatic N) is 1. The summed E-state index contributed by atoms with van der Waals surface area (Å²) in [6, 6.07) is 5.88. The molecule has 1 fully saturated rings. The summed E-state index contributed by atoms with van der Waals surface area (Å²) in [4.78, 5) is 25.6. The van der Waals surface area contributed by atoms with Gasteiger partial charge < -0.3 is 14.4 Å². The normalized spacial score (nSPS) is 16.0. The first kappa shape index (κ1) is 18.3. The fourth-order valence-electron chi connectivity index (χ4n) is 3.00. The second-order valence-corrected chi connectivity index (χ2v) is 7.31. The van der Waals surface area contributed by atoms with E-state index in [9.17, 15) is 9.59 Å². The Morgan fingerprint density at radius 3 is 2.29 bits per heavy atom. The first-order valence-electron chi connectivity index (χ1n) is 8.38. The number of methoxy groups -OCH3 is 1. The molecule has 1 aliphatic heterocycles. The van der Waals surface area contributed by atoms with E-state index in [1.165, 1.54) is 12.7 Å². The number of carbonyl (C=O) groups is 2. The summed E-state index contributed by atoms with van der Waals surface area (Å²) >= 11 is 0. The highest BCUT2D eigenvalue weighted by Gasteiger charge is 2.27. The fourth-order valence-corrected chi connectivity index (χ4v) is 3.00. The number of benzene rings is 1. The number of ether oxygens (including phenoxy) is 2. The molecule has 1 amide bonds. The second-order valence-electron chi connectivity index (χ2n) is 7.31. The van der Waals surface area contributed by atoms with E-state index in [-0.39, 0.29) is 12.1 Å². The summed E-state index contributed by atoms with van der Waals surface area (Å²) in [5.41, 5.74) is 2.28. The Balaban J connectivity index is 1.98. The van der Waals surface area contributed by atoms with Crippen LogP contribution < -0.4 is 0 Å². The van der Waals surface area contributed by atoms with Crippen LogP contribution in [0.2, 0.25) is 0 Å². The van der Waals surface area contributed by atoms with Gasteiger partial charge >= 0.3 is 12.1 Å². The average molecular weight is 333 g/mol. The fraction of sp³-hybridized carbons (Fsp3) is 0.579. The minimum Gasteiger partial charge on any atom is -0.465 e. The van der Waals surface area contributed by atoms with Crippen molar-refractivity contribution in [3.8, 4) is 0 Å². The summed E-state index contributed by atoms with van der Waals surface area (Å²) < 4.78 is 10.2. The molecule has 0 aromatic heterocycles. The largest absolute Gasteiger partial charge is 0.465 e. The van der Waals surface area contributed by atoms with Crippen LogP contribution >= 0.6 is 0 Å². The van der Waals surface area contributed by atoms with E-state index in [1.54, 1.807) is 4.90 Å². The van der Waals surface area contributed by atoms with Gasteiger partial charge in [0.05, 0.1) is 12.7 Å². The minimum atomic E-state index is -0.464. The van der Waals surface area contributed by atoms with Gasteiger partial charge in [-0.1, -0.05) is 12.1 Å². The Hall–Kier alpha value is -2.04. The van der Waals surface area contributed by atoms with Crippen LogP contribution in [0.1, 0.15) is 61.0 Å². The van der Waals surface area contributed by atoms with Gasteiger partial charge in [-0.15, -0.1) is 0 Å². The van der Waals surface area contributed by atoms with Crippen LogP contribution in [0.4, 0.5) is 4.79 Å². The van der Waals surface area contributed by atoms with Crippen LogP contribution in [0, 0.1) is 6.92 Å².